The molecular formula is C22H13F3N2O6. The smallest absolute Gasteiger partial charge is 0.416 e. The summed E-state index contributed by atoms with van der Waals surface area (Å²) in [5, 5.41) is 23.1. The van der Waals surface area contributed by atoms with Crippen molar-refractivity contribution in [3.8, 4) is 0 Å². The summed E-state index contributed by atoms with van der Waals surface area (Å²) in [6.07, 6.45) is -3.74. The summed E-state index contributed by atoms with van der Waals surface area (Å²) in [5.74, 6) is -4.47. The van der Waals surface area contributed by atoms with Gasteiger partial charge >= 0.3 is 12.1 Å². The molecule has 1 atom stereocenters. The van der Waals surface area contributed by atoms with Crippen molar-refractivity contribution in [2.45, 2.75) is 19.0 Å². The van der Waals surface area contributed by atoms with Crippen molar-refractivity contribution in [2.24, 2.45) is 0 Å². The van der Waals surface area contributed by atoms with Gasteiger partial charge in [-0.2, -0.15) is 13.2 Å². The predicted octanol–water partition coefficient (Wildman–Crippen LogP) is 3.91. The lowest BCUT2D eigenvalue weighted by Crippen LogP contribution is -2.36. The molecule has 0 bridgehead atoms. The number of benzene rings is 2. The number of hydrogen-bond acceptors (Lipinski definition) is 6. The molecule has 2 aromatic rings. The zero-order chi connectivity index (χ0) is 24.2. The van der Waals surface area contributed by atoms with Gasteiger partial charge in [-0.05, 0) is 30.2 Å². The van der Waals surface area contributed by atoms with Crippen LogP contribution in [0.25, 0.3) is 0 Å². The topological polar surface area (TPSA) is 127 Å². The third-order valence-electron chi connectivity index (χ3n) is 5.56. The Balaban J connectivity index is 1.92. The number of hydrogen-bond donors (Lipinski definition) is 2. The van der Waals surface area contributed by atoms with Gasteiger partial charge < -0.3 is 10.4 Å². The predicted molar refractivity (Wildman–Crippen MR) is 107 cm³/mol. The summed E-state index contributed by atoms with van der Waals surface area (Å²) in [4.78, 5) is 48.6. The lowest BCUT2D eigenvalue weighted by molar-refractivity contribution is -0.384. The Morgan fingerprint density at radius 2 is 1.70 bits per heavy atom. The molecular weight excluding hydrogens is 445 g/mol. The van der Waals surface area contributed by atoms with E-state index in [-0.39, 0.29) is 39.2 Å². The van der Waals surface area contributed by atoms with Gasteiger partial charge in [-0.25, -0.2) is 4.79 Å². The molecule has 2 N–H and O–H groups in total. The van der Waals surface area contributed by atoms with Crippen molar-refractivity contribution >= 4 is 23.2 Å². The van der Waals surface area contributed by atoms with Gasteiger partial charge in [0.1, 0.15) is 0 Å². The van der Waals surface area contributed by atoms with Crippen LogP contribution < -0.4 is 5.32 Å². The highest BCUT2D eigenvalue weighted by molar-refractivity contribution is 6.28. The SMILES string of the molecule is Cc1cc2c(cc1C(F)(F)F)C(=O)C1=C(NC=C(C(=O)O)C1c1ccc([N+](=O)[O-])cc1)C2=O. The first kappa shape index (κ1) is 21.9. The van der Waals surface area contributed by atoms with Crippen LogP contribution in [0.15, 0.2) is 59.4 Å². The van der Waals surface area contributed by atoms with Gasteiger partial charge in [0.2, 0.25) is 5.78 Å². The first-order valence-corrected chi connectivity index (χ1v) is 9.41. The standard InChI is InChI=1S/C22H13F3N2O6/c1-9-6-12-13(7-15(9)22(23,24)25)19(28)17-16(10-2-4-11(5-3-10)27(32)33)14(21(30)31)8-26-18(17)20(12)29/h2-8,16,26H,1H3,(H,30,31). The van der Waals surface area contributed by atoms with E-state index in [1.165, 1.54) is 19.1 Å². The zero-order valence-electron chi connectivity index (χ0n) is 16.7. The van der Waals surface area contributed by atoms with Crippen molar-refractivity contribution in [3.63, 3.8) is 0 Å². The van der Waals surface area contributed by atoms with Crippen LogP contribution in [-0.2, 0) is 11.0 Å². The first-order chi connectivity index (χ1) is 15.4. The molecule has 1 aliphatic carbocycles. The van der Waals surface area contributed by atoms with Crippen LogP contribution >= 0.6 is 0 Å². The number of halogens is 3. The number of nitrogens with zero attached hydrogens (tertiary/aromatic N) is 1. The average Bonchev–Trinajstić information content (AvgIpc) is 2.75. The van der Waals surface area contributed by atoms with E-state index in [0.717, 1.165) is 24.4 Å². The van der Waals surface area contributed by atoms with Crippen LogP contribution in [-0.4, -0.2) is 27.6 Å². The van der Waals surface area contributed by atoms with Crippen molar-refractivity contribution < 1.29 is 37.6 Å². The Morgan fingerprint density at radius 3 is 2.24 bits per heavy atom. The first-order valence-electron chi connectivity index (χ1n) is 9.41. The molecule has 8 nitrogen and oxygen atoms in total. The Morgan fingerprint density at radius 1 is 1.09 bits per heavy atom. The summed E-state index contributed by atoms with van der Waals surface area (Å²) in [6.45, 7) is 1.17. The number of allylic oxidation sites excluding steroid dienone is 2. The van der Waals surface area contributed by atoms with Gasteiger partial charge in [-0.15, -0.1) is 0 Å². The number of aliphatic carboxylic acids is 1. The summed E-state index contributed by atoms with van der Waals surface area (Å²) in [7, 11) is 0. The number of dihydropyridines is 1. The molecule has 2 aromatic carbocycles. The fourth-order valence-electron chi connectivity index (χ4n) is 4.03. The third-order valence-corrected chi connectivity index (χ3v) is 5.56. The number of nitrogens with one attached hydrogen (secondary N) is 1. The molecule has 4 rings (SSSR count). The molecule has 0 aromatic heterocycles. The Bertz CT molecular complexity index is 1320. The highest BCUT2D eigenvalue weighted by atomic mass is 19.4. The average molecular weight is 458 g/mol. The largest absolute Gasteiger partial charge is 0.478 e. The Labute approximate surface area is 183 Å². The number of alkyl halides is 3. The van der Waals surface area contributed by atoms with Gasteiger partial charge in [-0.3, -0.25) is 19.7 Å². The highest BCUT2D eigenvalue weighted by Crippen LogP contribution is 2.43. The number of carbonyl (C=O) groups is 3. The van der Waals surface area contributed by atoms with Gasteiger partial charge in [0.25, 0.3) is 5.69 Å². The fourth-order valence-corrected chi connectivity index (χ4v) is 4.03. The molecule has 0 fully saturated rings. The maximum absolute atomic E-state index is 13.4. The van der Waals surface area contributed by atoms with E-state index in [2.05, 4.69) is 5.32 Å². The minimum Gasteiger partial charge on any atom is -0.478 e. The molecule has 2 aliphatic rings. The number of ketones is 2. The molecule has 0 radical (unpaired) electrons. The van der Waals surface area contributed by atoms with Crippen molar-refractivity contribution in [1.82, 2.24) is 5.32 Å². The maximum Gasteiger partial charge on any atom is 0.416 e. The summed E-state index contributed by atoms with van der Waals surface area (Å²) < 4.78 is 40.3. The number of nitro benzene ring substituents is 1. The molecule has 1 heterocycles. The number of fused-ring (bicyclic) bond motifs is 1. The van der Waals surface area contributed by atoms with E-state index in [0.29, 0.717) is 6.07 Å². The molecule has 0 saturated carbocycles. The van der Waals surface area contributed by atoms with Crippen LogP contribution in [0.3, 0.4) is 0 Å². The monoisotopic (exact) mass is 458 g/mol. The number of aryl methyl sites for hydroxylation is 1. The second-order valence-corrected chi connectivity index (χ2v) is 7.49. The summed E-state index contributed by atoms with van der Waals surface area (Å²) >= 11 is 0. The third kappa shape index (κ3) is 3.47. The van der Waals surface area contributed by atoms with Crippen molar-refractivity contribution in [3.05, 3.63) is 97.4 Å². The van der Waals surface area contributed by atoms with E-state index in [1.807, 2.05) is 0 Å². The molecule has 168 valence electrons. The lowest BCUT2D eigenvalue weighted by Gasteiger charge is -2.31. The second-order valence-electron chi connectivity index (χ2n) is 7.49. The number of rotatable bonds is 3. The molecule has 0 amide bonds. The van der Waals surface area contributed by atoms with Crippen LogP contribution in [0.4, 0.5) is 18.9 Å². The number of carboxylic acids is 1. The van der Waals surface area contributed by atoms with Crippen LogP contribution in [0.2, 0.25) is 0 Å². The van der Waals surface area contributed by atoms with Crippen LogP contribution in [0.1, 0.15) is 43.3 Å². The van der Waals surface area contributed by atoms with Crippen LogP contribution in [0, 0.1) is 17.0 Å². The van der Waals surface area contributed by atoms with E-state index in [4.69, 9.17) is 0 Å². The minimum atomic E-state index is -4.77. The molecule has 1 aliphatic heterocycles. The zero-order valence-corrected chi connectivity index (χ0v) is 16.7. The molecule has 0 saturated heterocycles. The molecule has 1 unspecified atom stereocenters. The Hall–Kier alpha value is -4.28. The number of Topliss-reactive ketones (excluding diaryl/α,β-unsaturated/α-hetero) is 2. The summed E-state index contributed by atoms with van der Waals surface area (Å²) in [5.41, 5.74) is -3.12. The van der Waals surface area contributed by atoms with Gasteiger partial charge in [-0.1, -0.05) is 12.1 Å². The number of nitro groups is 1. The normalized spacial score (nSPS) is 17.7. The maximum atomic E-state index is 13.4. The Kier molecular flexibility index (Phi) is 4.92. The lowest BCUT2D eigenvalue weighted by atomic mass is 9.73. The molecule has 11 heteroatoms. The van der Waals surface area contributed by atoms with E-state index in [9.17, 15) is 42.8 Å². The number of non-ortho nitro benzene ring substituents is 1. The quantitative estimate of drug-likeness (QED) is 0.527. The molecule has 0 spiro atoms. The molecule has 33 heavy (non-hydrogen) atoms. The number of carboxylic acid groups (broad SMARTS) is 1. The van der Waals surface area contributed by atoms with E-state index in [1.54, 1.807) is 0 Å². The van der Waals surface area contributed by atoms with E-state index < -0.39 is 45.7 Å². The second kappa shape index (κ2) is 7.40. The number of carbonyl (C=O) groups excluding carboxylic acids is 2. The van der Waals surface area contributed by atoms with Gasteiger partial charge in [0.15, 0.2) is 5.78 Å². The van der Waals surface area contributed by atoms with Crippen molar-refractivity contribution in [1.29, 1.82) is 0 Å². The minimum absolute atomic E-state index is 0.149. The van der Waals surface area contributed by atoms with E-state index >= 15 is 0 Å². The van der Waals surface area contributed by atoms with Gasteiger partial charge in [0.05, 0.1) is 21.8 Å². The fraction of sp³-hybridized carbons (Fsp3) is 0.136. The highest BCUT2D eigenvalue weighted by Gasteiger charge is 2.43. The summed E-state index contributed by atoms with van der Waals surface area (Å²) in [6, 6.07) is 6.26. The van der Waals surface area contributed by atoms with Crippen molar-refractivity contribution in [2.75, 3.05) is 0 Å². The van der Waals surface area contributed by atoms with Crippen LogP contribution in [0.5, 0.6) is 0 Å². The van der Waals surface area contributed by atoms with Gasteiger partial charge in [0, 0.05) is 41.0 Å².